The molecule has 0 aromatic heterocycles. The zero-order valence-electron chi connectivity index (χ0n) is 8.97. The average molecular weight is 202 g/mol. The molecule has 0 fully saturated rings. The van der Waals surface area contributed by atoms with Crippen molar-refractivity contribution in [3.63, 3.8) is 0 Å². The van der Waals surface area contributed by atoms with Gasteiger partial charge < -0.3 is 0 Å². The Labute approximate surface area is 89.7 Å². The molecule has 0 amide bonds. The fourth-order valence-electron chi connectivity index (χ4n) is 0.958. The third kappa shape index (κ3) is 3.38. The van der Waals surface area contributed by atoms with E-state index in [0.717, 1.165) is 5.69 Å². The molecule has 0 radical (unpaired) electrons. The Morgan fingerprint density at radius 3 is 2.53 bits per heavy atom. The molecular weight excluding hydrogens is 188 g/mol. The largest absolute Gasteiger partial charge is 0.294 e. The van der Waals surface area contributed by atoms with Crippen LogP contribution in [-0.4, -0.2) is 19.0 Å². The lowest BCUT2D eigenvalue weighted by Gasteiger charge is -2.11. The lowest BCUT2D eigenvalue weighted by Crippen LogP contribution is -2.09. The maximum atomic E-state index is 10.9. The van der Waals surface area contributed by atoms with Gasteiger partial charge in [0, 0.05) is 12.6 Å². The third-order valence-corrected chi connectivity index (χ3v) is 1.97. The predicted octanol–water partition coefficient (Wildman–Crippen LogP) is 2.25. The van der Waals surface area contributed by atoms with Crippen molar-refractivity contribution in [2.24, 2.45) is 5.10 Å². The molecular formula is C12H14N2O. The van der Waals surface area contributed by atoms with Crippen molar-refractivity contribution in [3.8, 4) is 0 Å². The van der Waals surface area contributed by atoms with Gasteiger partial charge in [0.25, 0.3) is 0 Å². The zero-order valence-corrected chi connectivity index (χ0v) is 8.97. The number of rotatable bonds is 4. The molecule has 0 heterocycles. The number of ketones is 1. The molecule has 15 heavy (non-hydrogen) atoms. The van der Waals surface area contributed by atoms with Gasteiger partial charge in [-0.15, -0.1) is 0 Å². The Morgan fingerprint density at radius 2 is 2.00 bits per heavy atom. The number of benzene rings is 1. The molecule has 0 aliphatic carbocycles. The maximum Gasteiger partial charge on any atom is 0.160 e. The number of nitrogens with zero attached hydrogens (tertiary/aromatic N) is 2. The molecule has 1 aromatic carbocycles. The van der Waals surface area contributed by atoms with Crippen LogP contribution in [0.15, 0.2) is 47.6 Å². The molecule has 0 saturated carbocycles. The van der Waals surface area contributed by atoms with E-state index in [0.29, 0.717) is 5.57 Å². The van der Waals surface area contributed by atoms with E-state index in [1.165, 1.54) is 13.1 Å². The van der Waals surface area contributed by atoms with Crippen molar-refractivity contribution >= 4 is 17.7 Å². The van der Waals surface area contributed by atoms with Crippen molar-refractivity contribution in [1.82, 2.24) is 0 Å². The molecule has 0 bridgehead atoms. The second kappa shape index (κ2) is 5.10. The number of para-hydroxylation sites is 1. The fraction of sp³-hybridized carbons (Fsp3) is 0.167. The number of carbonyl (C=O) groups is 1. The summed E-state index contributed by atoms with van der Waals surface area (Å²) >= 11 is 0. The van der Waals surface area contributed by atoms with Crippen molar-refractivity contribution in [1.29, 1.82) is 0 Å². The van der Waals surface area contributed by atoms with Gasteiger partial charge in [0.15, 0.2) is 5.78 Å². The van der Waals surface area contributed by atoms with Crippen molar-refractivity contribution < 1.29 is 4.79 Å². The topological polar surface area (TPSA) is 32.7 Å². The lowest BCUT2D eigenvalue weighted by molar-refractivity contribution is -0.113. The van der Waals surface area contributed by atoms with Crippen LogP contribution in [0.3, 0.4) is 0 Å². The smallest absolute Gasteiger partial charge is 0.160 e. The van der Waals surface area contributed by atoms with E-state index in [1.54, 1.807) is 5.01 Å². The summed E-state index contributed by atoms with van der Waals surface area (Å²) in [6.07, 6.45) is 1.47. The van der Waals surface area contributed by atoms with Crippen molar-refractivity contribution in [3.05, 3.63) is 42.5 Å². The Bertz CT molecular complexity index is 382. The second-order valence-electron chi connectivity index (χ2n) is 3.19. The summed E-state index contributed by atoms with van der Waals surface area (Å²) in [6.45, 7) is 5.06. The van der Waals surface area contributed by atoms with Gasteiger partial charge in [-0.3, -0.25) is 9.80 Å². The molecule has 1 aromatic rings. The van der Waals surface area contributed by atoms with Gasteiger partial charge in [-0.2, -0.15) is 5.10 Å². The first-order valence-corrected chi connectivity index (χ1v) is 4.64. The average Bonchev–Trinajstić information content (AvgIpc) is 2.26. The van der Waals surface area contributed by atoms with Crippen LogP contribution in [0.4, 0.5) is 5.69 Å². The van der Waals surface area contributed by atoms with E-state index in [9.17, 15) is 4.79 Å². The zero-order chi connectivity index (χ0) is 11.3. The van der Waals surface area contributed by atoms with Crippen molar-refractivity contribution in [2.45, 2.75) is 6.92 Å². The number of allylic oxidation sites excluding steroid dienone is 1. The summed E-state index contributed by atoms with van der Waals surface area (Å²) in [4.78, 5) is 10.9. The van der Waals surface area contributed by atoms with Gasteiger partial charge >= 0.3 is 0 Å². The second-order valence-corrected chi connectivity index (χ2v) is 3.19. The highest BCUT2D eigenvalue weighted by molar-refractivity contribution is 6.11. The first-order chi connectivity index (χ1) is 7.11. The molecule has 0 saturated heterocycles. The summed E-state index contributed by atoms with van der Waals surface area (Å²) in [5.41, 5.74) is 1.36. The highest BCUT2D eigenvalue weighted by Crippen LogP contribution is 2.10. The predicted molar refractivity (Wildman–Crippen MR) is 63.2 cm³/mol. The highest BCUT2D eigenvalue weighted by Gasteiger charge is 1.98. The first kappa shape index (κ1) is 11.2. The van der Waals surface area contributed by atoms with E-state index in [-0.39, 0.29) is 5.78 Å². The standard InChI is InChI=1S/C12H14N2O/c1-10(11(2)15)9-13-14(3)12-7-5-4-6-8-12/h4-9H,1H2,2-3H3/b13-9-. The van der Waals surface area contributed by atoms with Crippen LogP contribution >= 0.6 is 0 Å². The maximum absolute atomic E-state index is 10.9. The number of carbonyl (C=O) groups excluding carboxylic acids is 1. The Morgan fingerprint density at radius 1 is 1.40 bits per heavy atom. The highest BCUT2D eigenvalue weighted by atomic mass is 16.1. The Hall–Kier alpha value is -1.90. The van der Waals surface area contributed by atoms with Crippen molar-refractivity contribution in [2.75, 3.05) is 12.1 Å². The minimum Gasteiger partial charge on any atom is -0.294 e. The molecule has 3 heteroatoms. The van der Waals surface area contributed by atoms with Crippen LogP contribution < -0.4 is 5.01 Å². The third-order valence-electron chi connectivity index (χ3n) is 1.97. The summed E-state index contributed by atoms with van der Waals surface area (Å²) in [7, 11) is 1.82. The van der Waals surface area contributed by atoms with E-state index < -0.39 is 0 Å². The molecule has 0 spiro atoms. The SMILES string of the molecule is C=C(/C=N\N(C)c1ccccc1)C(C)=O. The van der Waals surface area contributed by atoms with Gasteiger partial charge in [-0.25, -0.2) is 0 Å². The molecule has 3 nitrogen and oxygen atoms in total. The number of hydrazone groups is 1. The Kier molecular flexibility index (Phi) is 3.80. The van der Waals surface area contributed by atoms with E-state index >= 15 is 0 Å². The summed E-state index contributed by atoms with van der Waals surface area (Å²) in [6, 6.07) is 9.68. The van der Waals surface area contributed by atoms with Crippen LogP contribution in [-0.2, 0) is 4.79 Å². The molecule has 0 aliphatic rings. The van der Waals surface area contributed by atoms with E-state index in [1.807, 2.05) is 37.4 Å². The van der Waals surface area contributed by atoms with Gasteiger partial charge in [-0.05, 0) is 19.1 Å². The monoisotopic (exact) mass is 202 g/mol. The van der Waals surface area contributed by atoms with Gasteiger partial charge in [0.1, 0.15) is 0 Å². The molecule has 1 rings (SSSR count). The first-order valence-electron chi connectivity index (χ1n) is 4.64. The van der Waals surface area contributed by atoms with Crippen LogP contribution in [0, 0.1) is 0 Å². The molecule has 0 unspecified atom stereocenters. The van der Waals surface area contributed by atoms with E-state index in [2.05, 4.69) is 11.7 Å². The van der Waals surface area contributed by atoms with Gasteiger partial charge in [-0.1, -0.05) is 24.8 Å². The minimum atomic E-state index is -0.0692. The van der Waals surface area contributed by atoms with E-state index in [4.69, 9.17) is 0 Å². The van der Waals surface area contributed by atoms with Crippen LogP contribution in [0.2, 0.25) is 0 Å². The van der Waals surface area contributed by atoms with Crippen LogP contribution in [0.25, 0.3) is 0 Å². The summed E-state index contributed by atoms with van der Waals surface area (Å²) in [5, 5.41) is 5.79. The molecule has 0 aliphatic heterocycles. The van der Waals surface area contributed by atoms with Crippen LogP contribution in [0.5, 0.6) is 0 Å². The molecule has 0 atom stereocenters. The minimum absolute atomic E-state index is 0.0692. The molecule has 78 valence electrons. The quantitative estimate of drug-likeness (QED) is 0.426. The van der Waals surface area contributed by atoms with Crippen LogP contribution in [0.1, 0.15) is 6.92 Å². The van der Waals surface area contributed by atoms with Gasteiger partial charge in [0.2, 0.25) is 0 Å². The normalized spacial score (nSPS) is 10.3. The summed E-state index contributed by atoms with van der Waals surface area (Å²) in [5.74, 6) is -0.0692. The number of hydrogen-bond acceptors (Lipinski definition) is 3. The molecule has 0 N–H and O–H groups in total. The van der Waals surface area contributed by atoms with Gasteiger partial charge in [0.05, 0.1) is 11.9 Å². The lowest BCUT2D eigenvalue weighted by atomic mass is 10.2. The Balaban J connectivity index is 2.68. The number of Topliss-reactive ketones (excluding diaryl/α,β-unsaturated/α-hetero) is 1. The number of anilines is 1. The summed E-state index contributed by atoms with van der Waals surface area (Å²) < 4.78 is 0. The number of hydrogen-bond donors (Lipinski definition) is 0. The fourth-order valence-corrected chi connectivity index (χ4v) is 0.958.